The van der Waals surface area contributed by atoms with Crippen molar-refractivity contribution < 1.29 is 8.42 Å². The third-order valence-corrected chi connectivity index (χ3v) is 5.65. The number of nitrogens with one attached hydrogen (secondary N) is 2. The molecule has 0 aliphatic carbocycles. The molecule has 0 atom stereocenters. The molecule has 0 fully saturated rings. The fraction of sp³-hybridized carbons (Fsp3) is 0.235. The normalized spacial score (nSPS) is 11.4. The lowest BCUT2D eigenvalue weighted by Crippen LogP contribution is -2.23. The first-order valence-electron chi connectivity index (χ1n) is 7.38. The molecule has 5 nitrogen and oxygen atoms in total. The molecule has 2 aromatic carbocycles. The Morgan fingerprint density at radius 1 is 0.958 bits per heavy atom. The highest BCUT2D eigenvalue weighted by Gasteiger charge is 2.17. The van der Waals surface area contributed by atoms with Crippen LogP contribution >= 0.6 is 12.2 Å². The lowest BCUT2D eigenvalue weighted by atomic mass is 10.1. The van der Waals surface area contributed by atoms with E-state index in [0.717, 1.165) is 5.69 Å². The van der Waals surface area contributed by atoms with E-state index in [9.17, 15) is 8.42 Å². The second-order valence-corrected chi connectivity index (χ2v) is 8.25. The van der Waals surface area contributed by atoms with E-state index in [1.54, 1.807) is 24.3 Å². The average molecular weight is 364 g/mol. The number of benzene rings is 2. The van der Waals surface area contributed by atoms with Crippen LogP contribution in [0.1, 0.15) is 11.1 Å². The van der Waals surface area contributed by atoms with Crippen molar-refractivity contribution in [2.24, 2.45) is 0 Å². The van der Waals surface area contributed by atoms with Crippen LogP contribution in [0.4, 0.5) is 11.4 Å². The van der Waals surface area contributed by atoms with Crippen molar-refractivity contribution in [3.8, 4) is 0 Å². The van der Waals surface area contributed by atoms with Crippen LogP contribution in [-0.4, -0.2) is 31.9 Å². The second kappa shape index (κ2) is 7.29. The van der Waals surface area contributed by atoms with Crippen LogP contribution in [0, 0.1) is 13.8 Å². The van der Waals surface area contributed by atoms with E-state index < -0.39 is 10.0 Å². The Bertz CT molecular complexity index is 862. The molecule has 2 aromatic rings. The zero-order valence-corrected chi connectivity index (χ0v) is 15.8. The Labute approximate surface area is 148 Å². The number of anilines is 2. The van der Waals surface area contributed by atoms with Crippen molar-refractivity contribution in [1.82, 2.24) is 4.31 Å². The van der Waals surface area contributed by atoms with Gasteiger partial charge in [-0.2, -0.15) is 0 Å². The molecule has 24 heavy (non-hydrogen) atoms. The summed E-state index contributed by atoms with van der Waals surface area (Å²) in [5, 5.41) is 6.51. The molecule has 0 aromatic heterocycles. The first-order chi connectivity index (χ1) is 11.2. The zero-order valence-electron chi connectivity index (χ0n) is 14.1. The van der Waals surface area contributed by atoms with E-state index in [2.05, 4.69) is 10.6 Å². The Morgan fingerprint density at radius 2 is 1.58 bits per heavy atom. The van der Waals surface area contributed by atoms with Gasteiger partial charge in [-0.05, 0) is 67.5 Å². The van der Waals surface area contributed by atoms with Gasteiger partial charge in [0.25, 0.3) is 0 Å². The van der Waals surface area contributed by atoms with Gasteiger partial charge in [-0.3, -0.25) is 0 Å². The maximum Gasteiger partial charge on any atom is 0.242 e. The second-order valence-electron chi connectivity index (χ2n) is 5.69. The van der Waals surface area contributed by atoms with Crippen molar-refractivity contribution in [2.45, 2.75) is 18.7 Å². The van der Waals surface area contributed by atoms with Crippen LogP contribution < -0.4 is 10.6 Å². The van der Waals surface area contributed by atoms with E-state index >= 15 is 0 Å². The van der Waals surface area contributed by atoms with Crippen LogP contribution in [0.3, 0.4) is 0 Å². The summed E-state index contributed by atoms with van der Waals surface area (Å²) in [6, 6.07) is 12.5. The number of hydrogen-bond donors (Lipinski definition) is 2. The number of aryl methyl sites for hydroxylation is 2. The Hall–Kier alpha value is -1.96. The Balaban J connectivity index is 2.13. The van der Waals surface area contributed by atoms with Crippen LogP contribution in [0.5, 0.6) is 0 Å². The van der Waals surface area contributed by atoms with Crippen molar-refractivity contribution in [3.63, 3.8) is 0 Å². The molecular weight excluding hydrogens is 342 g/mol. The number of rotatable bonds is 4. The van der Waals surface area contributed by atoms with Gasteiger partial charge in [-0.15, -0.1) is 0 Å². The van der Waals surface area contributed by atoms with Crippen LogP contribution in [-0.2, 0) is 10.0 Å². The number of thiocarbonyl (C=S) groups is 1. The number of nitrogens with zero attached hydrogens (tertiary/aromatic N) is 1. The van der Waals surface area contributed by atoms with Crippen LogP contribution in [0.15, 0.2) is 47.4 Å². The van der Waals surface area contributed by atoms with Crippen molar-refractivity contribution >= 4 is 38.7 Å². The highest BCUT2D eigenvalue weighted by atomic mass is 32.2. The van der Waals surface area contributed by atoms with Gasteiger partial charge in [0.1, 0.15) is 0 Å². The summed E-state index contributed by atoms with van der Waals surface area (Å²) in [5.41, 5.74) is 3.87. The van der Waals surface area contributed by atoms with Crippen LogP contribution in [0.2, 0.25) is 0 Å². The summed E-state index contributed by atoms with van der Waals surface area (Å²) in [6.45, 7) is 4.08. The molecule has 0 amide bonds. The predicted molar refractivity (Wildman–Crippen MR) is 103 cm³/mol. The summed E-state index contributed by atoms with van der Waals surface area (Å²) in [4.78, 5) is 0.214. The minimum Gasteiger partial charge on any atom is -0.332 e. The van der Waals surface area contributed by atoms with Gasteiger partial charge in [0.05, 0.1) is 4.90 Å². The fourth-order valence-corrected chi connectivity index (χ4v) is 3.24. The van der Waals surface area contributed by atoms with Gasteiger partial charge < -0.3 is 10.6 Å². The molecule has 0 heterocycles. The highest BCUT2D eigenvalue weighted by Crippen LogP contribution is 2.19. The molecule has 0 saturated heterocycles. The van der Waals surface area contributed by atoms with Gasteiger partial charge in [0.15, 0.2) is 5.11 Å². The third kappa shape index (κ3) is 4.31. The van der Waals surface area contributed by atoms with E-state index in [-0.39, 0.29) is 4.90 Å². The quantitative estimate of drug-likeness (QED) is 0.816. The lowest BCUT2D eigenvalue weighted by molar-refractivity contribution is 0.521. The topological polar surface area (TPSA) is 61.4 Å². The lowest BCUT2D eigenvalue weighted by Gasteiger charge is -2.14. The molecule has 0 bridgehead atoms. The average Bonchev–Trinajstić information content (AvgIpc) is 2.51. The third-order valence-electron chi connectivity index (χ3n) is 3.64. The maximum atomic E-state index is 12.2. The molecule has 128 valence electrons. The fourth-order valence-electron chi connectivity index (χ4n) is 2.06. The molecule has 0 aliphatic rings. The molecule has 0 spiro atoms. The van der Waals surface area contributed by atoms with Crippen molar-refractivity contribution in [2.75, 3.05) is 24.7 Å². The van der Waals surface area contributed by atoms with E-state index in [1.807, 2.05) is 32.0 Å². The maximum absolute atomic E-state index is 12.2. The largest absolute Gasteiger partial charge is 0.332 e. The number of hydrogen-bond acceptors (Lipinski definition) is 3. The Kier molecular flexibility index (Phi) is 5.58. The summed E-state index contributed by atoms with van der Waals surface area (Å²) >= 11 is 5.30. The molecule has 0 aliphatic heterocycles. The Morgan fingerprint density at radius 3 is 2.17 bits per heavy atom. The summed E-state index contributed by atoms with van der Waals surface area (Å²) in [7, 11) is -0.472. The smallest absolute Gasteiger partial charge is 0.242 e. The summed E-state index contributed by atoms with van der Waals surface area (Å²) in [6.07, 6.45) is 0. The highest BCUT2D eigenvalue weighted by molar-refractivity contribution is 7.89. The SMILES string of the molecule is Cc1ccc(NC(=S)Nc2cccc(S(=O)(=O)N(C)C)c2)cc1C. The van der Waals surface area contributed by atoms with Gasteiger partial charge in [-0.25, -0.2) is 12.7 Å². The van der Waals surface area contributed by atoms with E-state index in [1.165, 1.54) is 29.5 Å². The van der Waals surface area contributed by atoms with Gasteiger partial charge in [-0.1, -0.05) is 12.1 Å². The van der Waals surface area contributed by atoms with Gasteiger partial charge in [0.2, 0.25) is 10.0 Å². The predicted octanol–water partition coefficient (Wildman–Crippen LogP) is 3.36. The summed E-state index contributed by atoms with van der Waals surface area (Å²) < 4.78 is 25.5. The molecule has 2 rings (SSSR count). The standard InChI is InChI=1S/C17H21N3O2S2/c1-12-8-9-15(10-13(12)2)19-17(23)18-14-6-5-7-16(11-14)24(21,22)20(3)4/h5-11H,1-4H3,(H2,18,19,23). The van der Waals surface area contributed by atoms with Crippen molar-refractivity contribution in [3.05, 3.63) is 53.6 Å². The van der Waals surface area contributed by atoms with Crippen LogP contribution in [0.25, 0.3) is 0 Å². The van der Waals surface area contributed by atoms with Gasteiger partial charge in [0, 0.05) is 25.5 Å². The molecule has 7 heteroatoms. The monoisotopic (exact) mass is 363 g/mol. The van der Waals surface area contributed by atoms with E-state index in [0.29, 0.717) is 10.8 Å². The molecule has 0 radical (unpaired) electrons. The van der Waals surface area contributed by atoms with E-state index in [4.69, 9.17) is 12.2 Å². The van der Waals surface area contributed by atoms with Crippen molar-refractivity contribution in [1.29, 1.82) is 0 Å². The molecular formula is C17H21N3O2S2. The first-order valence-corrected chi connectivity index (χ1v) is 9.23. The number of sulfonamides is 1. The molecule has 0 saturated carbocycles. The van der Waals surface area contributed by atoms with Gasteiger partial charge >= 0.3 is 0 Å². The minimum atomic E-state index is -3.47. The molecule has 0 unspecified atom stereocenters. The minimum absolute atomic E-state index is 0.214. The zero-order chi connectivity index (χ0) is 17.9. The molecule has 2 N–H and O–H groups in total. The first kappa shape index (κ1) is 18.4. The summed E-state index contributed by atoms with van der Waals surface area (Å²) in [5.74, 6) is 0.